The van der Waals surface area contributed by atoms with E-state index >= 15 is 0 Å². The first kappa shape index (κ1) is 41.3. The number of carbonyl (C=O) groups is 2. The van der Waals surface area contributed by atoms with Crippen LogP contribution in [-0.4, -0.2) is 98.9 Å². The van der Waals surface area contributed by atoms with Gasteiger partial charge in [-0.05, 0) is 99.9 Å². The monoisotopic (exact) mass is 870 g/mol. The maximum absolute atomic E-state index is 13.8. The molecule has 3 aromatic heterocycles. The van der Waals surface area contributed by atoms with E-state index in [1.54, 1.807) is 50.9 Å². The molecule has 322 valence electrons. The number of carbonyl (C=O) groups excluding carboxylic acids is 2. The second-order valence-electron chi connectivity index (χ2n) is 17.0. The molecule has 61 heavy (non-hydrogen) atoms. The lowest BCUT2D eigenvalue weighted by Crippen LogP contribution is -2.47. The summed E-state index contributed by atoms with van der Waals surface area (Å²) >= 11 is 6.30. The molecule has 4 fully saturated rings. The SMILES string of the molecule is Cc1cc(S(=O)(=O)N2CCC(CCN3CCN(c4cccc5c4n(C)c(=O)n5C4CCC(=O)NC4=O)CC3)CC2)ccc1Nc1ncc2cc(Cl)c(=O)n(C3CCCC3)c2n1. The zero-order valence-electron chi connectivity index (χ0n) is 34.5. The third-order valence-electron chi connectivity index (χ3n) is 13.2. The van der Waals surface area contributed by atoms with Crippen LogP contribution in [0.25, 0.3) is 22.1 Å². The molecule has 0 radical (unpaired) electrons. The van der Waals surface area contributed by atoms with Crippen molar-refractivity contribution in [2.24, 2.45) is 13.0 Å². The second-order valence-corrected chi connectivity index (χ2v) is 19.3. The van der Waals surface area contributed by atoms with E-state index < -0.39 is 22.0 Å². The van der Waals surface area contributed by atoms with Crippen molar-refractivity contribution in [3.8, 4) is 0 Å². The van der Waals surface area contributed by atoms with E-state index in [0.717, 1.165) is 94.4 Å². The third-order valence-corrected chi connectivity index (χ3v) is 15.4. The summed E-state index contributed by atoms with van der Waals surface area (Å²) in [6.07, 6.45) is 8.63. The average molecular weight is 871 g/mol. The molecule has 1 aliphatic carbocycles. The van der Waals surface area contributed by atoms with Crippen molar-refractivity contribution < 1.29 is 18.0 Å². The first-order chi connectivity index (χ1) is 29.4. The molecular weight excluding hydrogens is 820 g/mol. The van der Waals surface area contributed by atoms with Crippen LogP contribution in [0.5, 0.6) is 0 Å². The highest BCUT2D eigenvalue weighted by Crippen LogP contribution is 2.34. The molecule has 2 amide bonds. The summed E-state index contributed by atoms with van der Waals surface area (Å²) in [6, 6.07) is 11.8. The molecule has 16 nitrogen and oxygen atoms in total. The number of para-hydroxylation sites is 1. The van der Waals surface area contributed by atoms with Gasteiger partial charge < -0.3 is 10.2 Å². The van der Waals surface area contributed by atoms with Gasteiger partial charge in [-0.2, -0.15) is 9.29 Å². The van der Waals surface area contributed by atoms with Crippen LogP contribution in [0.3, 0.4) is 0 Å². The highest BCUT2D eigenvalue weighted by Gasteiger charge is 2.33. The maximum Gasteiger partial charge on any atom is 0.329 e. The maximum atomic E-state index is 13.8. The zero-order chi connectivity index (χ0) is 42.6. The number of hydrogen-bond acceptors (Lipinski definition) is 11. The molecular formula is C43H51ClN10O6S. The number of nitrogens with one attached hydrogen (secondary N) is 2. The van der Waals surface area contributed by atoms with Gasteiger partial charge in [-0.3, -0.25) is 38.3 Å². The number of amides is 2. The molecule has 1 saturated carbocycles. The van der Waals surface area contributed by atoms with Gasteiger partial charge in [0.15, 0.2) is 0 Å². The predicted octanol–water partition coefficient (Wildman–Crippen LogP) is 4.86. The number of piperidine rings is 2. The van der Waals surface area contributed by atoms with Crippen LogP contribution in [0.15, 0.2) is 63.1 Å². The summed E-state index contributed by atoms with van der Waals surface area (Å²) in [5.41, 5.74) is 3.83. The lowest BCUT2D eigenvalue weighted by Gasteiger charge is -2.37. The van der Waals surface area contributed by atoms with E-state index in [4.69, 9.17) is 16.6 Å². The Balaban J connectivity index is 0.786. The van der Waals surface area contributed by atoms with Crippen LogP contribution >= 0.6 is 11.6 Å². The van der Waals surface area contributed by atoms with E-state index in [9.17, 15) is 27.6 Å². The van der Waals surface area contributed by atoms with Gasteiger partial charge in [0.25, 0.3) is 5.56 Å². The van der Waals surface area contributed by atoms with Crippen molar-refractivity contribution in [1.29, 1.82) is 0 Å². The molecule has 5 aromatic rings. The quantitative estimate of drug-likeness (QED) is 0.184. The number of benzene rings is 2. The minimum Gasteiger partial charge on any atom is -0.367 e. The van der Waals surface area contributed by atoms with Crippen LogP contribution in [-0.2, 0) is 26.7 Å². The van der Waals surface area contributed by atoms with Crippen LogP contribution in [0.4, 0.5) is 17.3 Å². The summed E-state index contributed by atoms with van der Waals surface area (Å²) in [5, 5.41) is 6.45. The molecule has 9 rings (SSSR count). The van der Waals surface area contributed by atoms with Gasteiger partial charge in [0, 0.05) is 76.0 Å². The van der Waals surface area contributed by atoms with E-state index in [-0.39, 0.29) is 39.5 Å². The van der Waals surface area contributed by atoms with Crippen molar-refractivity contribution in [3.05, 3.63) is 80.1 Å². The van der Waals surface area contributed by atoms with Crippen LogP contribution in [0.1, 0.15) is 75.4 Å². The number of sulfonamides is 1. The predicted molar refractivity (Wildman–Crippen MR) is 234 cm³/mol. The summed E-state index contributed by atoms with van der Waals surface area (Å²) in [5.74, 6) is -0.0171. The standard InChI is InChI=1S/C43H51ClN10O6S/c1-27-24-31(10-11-33(27)46-42-45-26-29-25-32(44)41(57)53(39(29)48-42)30-6-3-4-7-30)61(59,60)52-18-15-28(16-19-52)14-17-50-20-22-51(23-21-50)34-8-5-9-35-38(34)49(2)43(58)54(35)36-12-13-37(55)47-40(36)56/h5,8-11,24-26,28,30,36H,3-4,6-7,12-23H2,1-2H3,(H,45,46,48)(H,47,55,56). The Hall–Kier alpha value is -5.10. The zero-order valence-corrected chi connectivity index (χ0v) is 36.1. The largest absolute Gasteiger partial charge is 0.367 e. The van der Waals surface area contributed by atoms with Gasteiger partial charge in [0.1, 0.15) is 16.7 Å². The number of imidazole rings is 1. The van der Waals surface area contributed by atoms with Gasteiger partial charge in [0.2, 0.25) is 27.8 Å². The van der Waals surface area contributed by atoms with Crippen molar-refractivity contribution in [2.45, 2.75) is 81.7 Å². The Morgan fingerprint density at radius 1 is 0.902 bits per heavy atom. The first-order valence-corrected chi connectivity index (χ1v) is 23.2. The molecule has 3 saturated heterocycles. The number of aryl methyl sites for hydroxylation is 2. The number of imide groups is 1. The molecule has 0 spiro atoms. The number of fused-ring (bicyclic) bond motifs is 2. The van der Waals surface area contributed by atoms with Crippen LogP contribution in [0, 0.1) is 12.8 Å². The first-order valence-electron chi connectivity index (χ1n) is 21.3. The molecule has 1 unspecified atom stereocenters. The van der Waals surface area contributed by atoms with Crippen molar-refractivity contribution >= 4 is 72.8 Å². The van der Waals surface area contributed by atoms with E-state index in [1.165, 1.54) is 4.57 Å². The van der Waals surface area contributed by atoms with Gasteiger partial charge in [0.05, 0.1) is 21.6 Å². The number of aromatic nitrogens is 5. The second kappa shape index (κ2) is 16.6. The number of pyridine rings is 1. The van der Waals surface area contributed by atoms with E-state index in [0.29, 0.717) is 53.6 Å². The fourth-order valence-electron chi connectivity index (χ4n) is 9.77. The molecule has 2 aromatic carbocycles. The number of rotatable bonds is 10. The lowest BCUT2D eigenvalue weighted by atomic mass is 9.94. The fourth-order valence-corrected chi connectivity index (χ4v) is 11.5. The number of halogens is 1. The van der Waals surface area contributed by atoms with Gasteiger partial charge >= 0.3 is 5.69 Å². The molecule has 4 aliphatic rings. The Labute approximate surface area is 358 Å². The number of piperazine rings is 1. The molecule has 18 heteroatoms. The topological polar surface area (TPSA) is 177 Å². The normalized spacial score (nSPS) is 20.2. The van der Waals surface area contributed by atoms with Crippen molar-refractivity contribution in [1.82, 2.24) is 38.2 Å². The van der Waals surface area contributed by atoms with E-state index in [2.05, 4.69) is 25.4 Å². The molecule has 3 aliphatic heterocycles. The number of anilines is 3. The summed E-state index contributed by atoms with van der Waals surface area (Å²) in [7, 11) is -1.97. The Kier molecular flexibility index (Phi) is 11.3. The Morgan fingerprint density at radius 3 is 2.38 bits per heavy atom. The van der Waals surface area contributed by atoms with Gasteiger partial charge in [-0.15, -0.1) is 0 Å². The summed E-state index contributed by atoms with van der Waals surface area (Å²) in [4.78, 5) is 65.2. The molecule has 6 heterocycles. The van der Waals surface area contributed by atoms with Crippen LogP contribution in [0.2, 0.25) is 5.02 Å². The minimum absolute atomic E-state index is 0.0413. The molecule has 0 bridgehead atoms. The molecule has 2 N–H and O–H groups in total. The van der Waals surface area contributed by atoms with Gasteiger partial charge in [-0.1, -0.05) is 30.5 Å². The third kappa shape index (κ3) is 7.85. The highest BCUT2D eigenvalue weighted by atomic mass is 35.5. The lowest BCUT2D eigenvalue weighted by molar-refractivity contribution is -0.135. The highest BCUT2D eigenvalue weighted by molar-refractivity contribution is 7.89. The Morgan fingerprint density at radius 2 is 1.66 bits per heavy atom. The average Bonchev–Trinajstić information content (AvgIpc) is 3.88. The van der Waals surface area contributed by atoms with Crippen LogP contribution < -0.4 is 26.8 Å². The fraction of sp³-hybridized carbons (Fsp3) is 0.488. The summed E-state index contributed by atoms with van der Waals surface area (Å²) < 4.78 is 34.1. The van der Waals surface area contributed by atoms with E-state index in [1.807, 2.05) is 25.1 Å². The smallest absolute Gasteiger partial charge is 0.329 e. The summed E-state index contributed by atoms with van der Waals surface area (Å²) in [6.45, 7) is 7.02. The minimum atomic E-state index is -3.70. The molecule has 1 atom stereocenters. The van der Waals surface area contributed by atoms with Crippen molar-refractivity contribution in [2.75, 3.05) is 56.0 Å². The van der Waals surface area contributed by atoms with Gasteiger partial charge in [-0.25, -0.2) is 18.2 Å². The van der Waals surface area contributed by atoms with Crippen molar-refractivity contribution in [3.63, 3.8) is 0 Å². The number of hydrogen-bond donors (Lipinski definition) is 2. The number of nitrogens with zero attached hydrogens (tertiary/aromatic N) is 8. The Bertz CT molecular complexity index is 2760.